The zero-order valence-electron chi connectivity index (χ0n) is 13.8. The zero-order chi connectivity index (χ0) is 16.2. The number of oxime groups is 1. The molecule has 0 amide bonds. The van der Waals surface area contributed by atoms with Crippen LogP contribution in [0.4, 0.5) is 0 Å². The van der Waals surface area contributed by atoms with E-state index in [1.165, 1.54) is 11.1 Å². The molecule has 0 aliphatic heterocycles. The fraction of sp³-hybridized carbons (Fsp3) is 0.632. The first-order chi connectivity index (χ1) is 11.0. The maximum Gasteiger partial charge on any atom is 0.115 e. The SMILES string of the molecule is CO/N=C1\CC[C@H]2[C@@H]3CCc4cc(O)ccc4[C@H]3C(O)C[C@]12C. The summed E-state index contributed by atoms with van der Waals surface area (Å²) in [6.07, 6.45) is 4.58. The number of rotatable bonds is 1. The summed E-state index contributed by atoms with van der Waals surface area (Å²) in [6, 6.07) is 5.65. The van der Waals surface area contributed by atoms with Crippen LogP contribution < -0.4 is 0 Å². The smallest absolute Gasteiger partial charge is 0.115 e. The zero-order valence-corrected chi connectivity index (χ0v) is 13.8. The van der Waals surface area contributed by atoms with Gasteiger partial charge in [-0.2, -0.15) is 0 Å². The van der Waals surface area contributed by atoms with Crippen LogP contribution in [-0.2, 0) is 11.3 Å². The predicted molar refractivity (Wildman–Crippen MR) is 88.6 cm³/mol. The monoisotopic (exact) mass is 315 g/mol. The molecular weight excluding hydrogens is 290 g/mol. The van der Waals surface area contributed by atoms with Gasteiger partial charge in [-0.15, -0.1) is 0 Å². The second-order valence-corrected chi connectivity index (χ2v) is 7.67. The minimum Gasteiger partial charge on any atom is -0.508 e. The van der Waals surface area contributed by atoms with Gasteiger partial charge < -0.3 is 15.1 Å². The third-order valence-electron chi connectivity index (χ3n) is 6.63. The Labute approximate surface area is 137 Å². The molecule has 5 atom stereocenters. The summed E-state index contributed by atoms with van der Waals surface area (Å²) in [5.41, 5.74) is 3.53. The molecule has 2 fully saturated rings. The summed E-state index contributed by atoms with van der Waals surface area (Å²) in [6.45, 7) is 2.26. The van der Waals surface area contributed by atoms with E-state index >= 15 is 0 Å². The van der Waals surface area contributed by atoms with Crippen molar-refractivity contribution in [2.24, 2.45) is 22.4 Å². The Morgan fingerprint density at radius 3 is 2.87 bits per heavy atom. The van der Waals surface area contributed by atoms with E-state index in [1.54, 1.807) is 13.2 Å². The molecule has 0 spiro atoms. The van der Waals surface area contributed by atoms with Gasteiger partial charge in [-0.05, 0) is 67.2 Å². The van der Waals surface area contributed by atoms with E-state index in [4.69, 9.17) is 4.84 Å². The van der Waals surface area contributed by atoms with Crippen molar-refractivity contribution in [3.05, 3.63) is 29.3 Å². The highest BCUT2D eigenvalue weighted by molar-refractivity contribution is 5.92. The van der Waals surface area contributed by atoms with Gasteiger partial charge >= 0.3 is 0 Å². The number of fused-ring (bicyclic) bond motifs is 5. The van der Waals surface area contributed by atoms with Gasteiger partial charge in [0.2, 0.25) is 0 Å². The standard InChI is InChI=1S/C19H25NO3/c1-19-10-16(22)18-13-6-4-12(21)9-11(13)3-5-14(18)15(19)7-8-17(19)20-23-2/h4,6,9,14-16,18,21-22H,3,5,7-8,10H2,1-2H3/b20-17+/t14-,15-,16?,18+,19-/m0/s1. The van der Waals surface area contributed by atoms with Gasteiger partial charge in [0, 0.05) is 11.3 Å². The van der Waals surface area contributed by atoms with Crippen LogP contribution in [-0.4, -0.2) is 29.1 Å². The van der Waals surface area contributed by atoms with Gasteiger partial charge in [0.05, 0.1) is 11.8 Å². The Balaban J connectivity index is 1.74. The Kier molecular flexibility index (Phi) is 3.41. The molecule has 4 rings (SSSR count). The number of nitrogens with zero attached hydrogens (tertiary/aromatic N) is 1. The summed E-state index contributed by atoms with van der Waals surface area (Å²) in [5.74, 6) is 1.57. The topological polar surface area (TPSA) is 62.0 Å². The molecule has 124 valence electrons. The van der Waals surface area contributed by atoms with E-state index in [-0.39, 0.29) is 17.4 Å². The highest BCUT2D eigenvalue weighted by Crippen LogP contribution is 2.60. The van der Waals surface area contributed by atoms with Crippen LogP contribution in [0.5, 0.6) is 5.75 Å². The molecule has 0 heterocycles. The summed E-state index contributed by atoms with van der Waals surface area (Å²) >= 11 is 0. The van der Waals surface area contributed by atoms with Crippen molar-refractivity contribution in [3.8, 4) is 5.75 Å². The fourth-order valence-electron chi connectivity index (χ4n) is 5.70. The molecule has 1 unspecified atom stereocenters. The Hall–Kier alpha value is -1.55. The maximum atomic E-state index is 11.0. The van der Waals surface area contributed by atoms with Crippen molar-refractivity contribution in [1.29, 1.82) is 0 Å². The molecule has 0 bridgehead atoms. The number of aliphatic hydroxyl groups is 1. The van der Waals surface area contributed by atoms with Gasteiger partial charge in [-0.3, -0.25) is 0 Å². The van der Waals surface area contributed by atoms with Crippen LogP contribution in [0, 0.1) is 17.3 Å². The van der Waals surface area contributed by atoms with Gasteiger partial charge in [0.15, 0.2) is 0 Å². The second kappa shape index (κ2) is 5.23. The van der Waals surface area contributed by atoms with Crippen molar-refractivity contribution in [1.82, 2.24) is 0 Å². The lowest BCUT2D eigenvalue weighted by Gasteiger charge is -2.51. The lowest BCUT2D eigenvalue weighted by Crippen LogP contribution is -2.49. The van der Waals surface area contributed by atoms with Gasteiger partial charge in [0.25, 0.3) is 0 Å². The van der Waals surface area contributed by atoms with E-state index < -0.39 is 0 Å². The van der Waals surface area contributed by atoms with E-state index in [0.29, 0.717) is 17.6 Å². The number of hydrogen-bond acceptors (Lipinski definition) is 4. The molecule has 4 heteroatoms. The molecule has 1 aromatic rings. The summed E-state index contributed by atoms with van der Waals surface area (Å²) in [7, 11) is 1.61. The largest absolute Gasteiger partial charge is 0.508 e. The van der Waals surface area contributed by atoms with Gasteiger partial charge in [-0.1, -0.05) is 18.1 Å². The summed E-state index contributed by atoms with van der Waals surface area (Å²) in [4.78, 5) is 5.06. The Morgan fingerprint density at radius 2 is 2.09 bits per heavy atom. The highest BCUT2D eigenvalue weighted by atomic mass is 16.6. The Bertz CT molecular complexity index is 656. The lowest BCUT2D eigenvalue weighted by atomic mass is 9.54. The Morgan fingerprint density at radius 1 is 1.26 bits per heavy atom. The van der Waals surface area contributed by atoms with Crippen molar-refractivity contribution in [2.45, 2.75) is 51.0 Å². The van der Waals surface area contributed by atoms with E-state index in [1.807, 2.05) is 12.1 Å². The average molecular weight is 315 g/mol. The lowest BCUT2D eigenvalue weighted by molar-refractivity contribution is -0.0160. The quantitative estimate of drug-likeness (QED) is 0.782. The molecule has 0 saturated heterocycles. The van der Waals surface area contributed by atoms with Gasteiger partial charge in [0.1, 0.15) is 12.9 Å². The number of aromatic hydroxyl groups is 1. The van der Waals surface area contributed by atoms with Crippen LogP contribution >= 0.6 is 0 Å². The normalized spacial score (nSPS) is 40.4. The number of hydrogen-bond donors (Lipinski definition) is 2. The number of phenolic OH excluding ortho intramolecular Hbond substituents is 1. The molecule has 1 aromatic carbocycles. The minimum atomic E-state index is -0.356. The molecular formula is C19H25NO3. The number of phenols is 1. The first-order valence-corrected chi connectivity index (χ1v) is 8.65. The number of aliphatic hydroxyl groups excluding tert-OH is 1. The van der Waals surface area contributed by atoms with Gasteiger partial charge in [-0.25, -0.2) is 0 Å². The molecule has 3 aliphatic carbocycles. The minimum absolute atomic E-state index is 0.0367. The second-order valence-electron chi connectivity index (χ2n) is 7.67. The summed E-state index contributed by atoms with van der Waals surface area (Å²) < 4.78 is 0. The first-order valence-electron chi connectivity index (χ1n) is 8.65. The first kappa shape index (κ1) is 15.0. The highest BCUT2D eigenvalue weighted by Gasteiger charge is 2.56. The number of aryl methyl sites for hydroxylation is 1. The van der Waals surface area contributed by atoms with Crippen molar-refractivity contribution in [2.75, 3.05) is 7.11 Å². The number of benzene rings is 1. The molecule has 2 saturated carbocycles. The predicted octanol–water partition coefficient (Wildman–Crippen LogP) is 3.22. The fourth-order valence-corrected chi connectivity index (χ4v) is 5.70. The summed E-state index contributed by atoms with van der Waals surface area (Å²) in [5, 5.41) is 25.0. The van der Waals surface area contributed by atoms with Crippen LogP contribution in [0.25, 0.3) is 0 Å². The molecule has 0 radical (unpaired) electrons. The van der Waals surface area contributed by atoms with Crippen LogP contribution in [0.15, 0.2) is 23.4 Å². The van der Waals surface area contributed by atoms with Crippen molar-refractivity contribution >= 4 is 5.71 Å². The molecule has 2 N–H and O–H groups in total. The van der Waals surface area contributed by atoms with Crippen molar-refractivity contribution in [3.63, 3.8) is 0 Å². The maximum absolute atomic E-state index is 11.0. The van der Waals surface area contributed by atoms with Crippen molar-refractivity contribution < 1.29 is 15.1 Å². The third kappa shape index (κ3) is 2.11. The molecule has 4 nitrogen and oxygen atoms in total. The van der Waals surface area contributed by atoms with E-state index in [9.17, 15) is 10.2 Å². The van der Waals surface area contributed by atoms with E-state index in [0.717, 1.165) is 37.8 Å². The molecule has 23 heavy (non-hydrogen) atoms. The van der Waals surface area contributed by atoms with Crippen LogP contribution in [0.2, 0.25) is 0 Å². The van der Waals surface area contributed by atoms with E-state index in [2.05, 4.69) is 12.1 Å². The molecule has 0 aromatic heterocycles. The third-order valence-corrected chi connectivity index (χ3v) is 6.63. The molecule has 3 aliphatic rings. The van der Waals surface area contributed by atoms with Crippen LogP contribution in [0.1, 0.15) is 49.7 Å². The van der Waals surface area contributed by atoms with Crippen LogP contribution in [0.3, 0.4) is 0 Å². The average Bonchev–Trinajstić information content (AvgIpc) is 2.83.